The molecule has 0 unspecified atom stereocenters. The van der Waals surface area contributed by atoms with Crippen LogP contribution in [0.1, 0.15) is 73.8 Å². The number of carboxylic acids is 1. The molecule has 0 saturated carbocycles. The molecule has 1 aliphatic heterocycles. The highest BCUT2D eigenvalue weighted by Crippen LogP contribution is 2.30. The minimum atomic E-state index is -1.39. The molecule has 0 saturated heterocycles. The minimum absolute atomic E-state index is 0.00752. The van der Waals surface area contributed by atoms with Gasteiger partial charge in [-0.05, 0) is 49.4 Å². The Bertz CT molecular complexity index is 1600. The van der Waals surface area contributed by atoms with Crippen LogP contribution in [0, 0.1) is 11.3 Å². The summed E-state index contributed by atoms with van der Waals surface area (Å²) in [6, 6.07) is 4.09. The van der Waals surface area contributed by atoms with Gasteiger partial charge in [-0.15, -0.1) is 0 Å². The Kier molecular flexibility index (Phi) is 16.1. The number of halogens is 1. The van der Waals surface area contributed by atoms with Gasteiger partial charge >= 0.3 is 5.97 Å². The van der Waals surface area contributed by atoms with Gasteiger partial charge in [0.2, 0.25) is 23.6 Å². The lowest BCUT2D eigenvalue weighted by Crippen LogP contribution is -2.61. The number of benzene rings is 1. The van der Waals surface area contributed by atoms with Crippen molar-refractivity contribution in [2.75, 3.05) is 27.2 Å². The van der Waals surface area contributed by atoms with E-state index < -0.39 is 64.6 Å². The summed E-state index contributed by atoms with van der Waals surface area (Å²) < 4.78 is 0.878. The maximum Gasteiger partial charge on any atom is 0.326 e. The second-order valence-corrected chi connectivity index (χ2v) is 16.1. The van der Waals surface area contributed by atoms with Crippen LogP contribution in [0.3, 0.4) is 0 Å². The quantitative estimate of drug-likeness (QED) is 0.110. The molecule has 2 rings (SSSR count). The largest absolute Gasteiger partial charge is 0.480 e. The van der Waals surface area contributed by atoms with Crippen LogP contribution in [0.2, 0.25) is 0 Å². The van der Waals surface area contributed by atoms with Crippen molar-refractivity contribution >= 4 is 57.3 Å². The second-order valence-electron chi connectivity index (χ2n) is 15.2. The van der Waals surface area contributed by atoms with Crippen molar-refractivity contribution in [3.63, 3.8) is 0 Å². The van der Waals surface area contributed by atoms with Gasteiger partial charge in [0.15, 0.2) is 0 Å². The topological polar surface area (TPSA) is 194 Å². The lowest BCUT2D eigenvalue weighted by atomic mass is 9.76. The standard InChI is InChI=1S/C38H55BrN6O8/c1-22(2)27(20-23(3)33(49)42-26(36(52)53)14-15-28(46)41-18-19-45-29(47)16-17-30(45)48)44(10)35(51)32(37(4,5)6)43-34(50)31(40-9)38(7,8)24-12-11-13-25(39)21-24/h11-13,16-17,20-22,26-27,31-32,40H,14-15,18-19H2,1-10H3,(H,41,46)(H,42,49)(H,43,50)(H,52,53)/b23-20+/t26-,27-,31+,32-/m1/s1. The van der Waals surface area contributed by atoms with Crippen molar-refractivity contribution < 1.29 is 38.7 Å². The van der Waals surface area contributed by atoms with E-state index in [1.54, 1.807) is 20.2 Å². The van der Waals surface area contributed by atoms with Crippen molar-refractivity contribution in [3.05, 3.63) is 58.1 Å². The molecule has 1 aromatic carbocycles. The van der Waals surface area contributed by atoms with Crippen molar-refractivity contribution in [3.8, 4) is 0 Å². The predicted octanol–water partition coefficient (Wildman–Crippen LogP) is 2.67. The number of carboxylic acid groups (broad SMARTS) is 1. The van der Waals surface area contributed by atoms with Crippen LogP contribution in [-0.4, -0.2) is 108 Å². The first-order valence-electron chi connectivity index (χ1n) is 17.6. The fourth-order valence-corrected chi connectivity index (χ4v) is 6.43. The lowest BCUT2D eigenvalue weighted by molar-refractivity contribution is -0.142. The van der Waals surface area contributed by atoms with Crippen molar-refractivity contribution in [1.82, 2.24) is 31.1 Å². The highest BCUT2D eigenvalue weighted by atomic mass is 79.9. The molecule has 6 amide bonds. The smallest absolute Gasteiger partial charge is 0.326 e. The summed E-state index contributed by atoms with van der Waals surface area (Å²) in [5.74, 6) is -4.39. The van der Waals surface area contributed by atoms with Crippen molar-refractivity contribution in [2.24, 2.45) is 11.3 Å². The zero-order valence-electron chi connectivity index (χ0n) is 32.3. The Labute approximate surface area is 320 Å². The molecule has 0 bridgehead atoms. The molecule has 14 nitrogen and oxygen atoms in total. The Morgan fingerprint density at radius 3 is 2.09 bits per heavy atom. The Morgan fingerprint density at radius 2 is 1.58 bits per heavy atom. The van der Waals surface area contributed by atoms with E-state index in [2.05, 4.69) is 37.2 Å². The number of imide groups is 1. The second kappa shape index (κ2) is 19.1. The number of likely N-dealkylation sites (N-methyl/N-ethyl adjacent to an activating group) is 2. The number of aliphatic carboxylic acids is 1. The molecule has 1 aromatic rings. The van der Waals surface area contributed by atoms with Gasteiger partial charge in [0.25, 0.3) is 11.8 Å². The Balaban J connectivity index is 2.15. The molecular weight excluding hydrogens is 748 g/mol. The van der Waals surface area contributed by atoms with Gasteiger partial charge in [-0.25, -0.2) is 4.79 Å². The number of hydrogen-bond acceptors (Lipinski definition) is 8. The molecule has 292 valence electrons. The summed E-state index contributed by atoms with van der Waals surface area (Å²) in [6.07, 6.45) is 3.41. The van der Waals surface area contributed by atoms with Gasteiger partial charge < -0.3 is 31.3 Å². The van der Waals surface area contributed by atoms with Gasteiger partial charge in [-0.1, -0.05) is 82.6 Å². The number of hydrogen-bond donors (Lipinski definition) is 5. The summed E-state index contributed by atoms with van der Waals surface area (Å²) >= 11 is 3.50. The Hall–Kier alpha value is -4.37. The number of nitrogens with zero attached hydrogens (tertiary/aromatic N) is 2. The molecule has 1 heterocycles. The van der Waals surface area contributed by atoms with Gasteiger partial charge in [0.1, 0.15) is 12.1 Å². The average molecular weight is 804 g/mol. The van der Waals surface area contributed by atoms with Gasteiger partial charge in [-0.3, -0.25) is 33.7 Å². The molecule has 15 heteroatoms. The summed E-state index contributed by atoms with van der Waals surface area (Å²) in [6.45, 7) is 14.7. The van der Waals surface area contributed by atoms with Crippen molar-refractivity contribution in [2.45, 2.75) is 97.8 Å². The number of amides is 6. The van der Waals surface area contributed by atoms with Crippen LogP contribution in [0.25, 0.3) is 0 Å². The molecule has 0 radical (unpaired) electrons. The summed E-state index contributed by atoms with van der Waals surface area (Å²) in [5.41, 5.74) is -0.264. The van der Waals surface area contributed by atoms with Gasteiger partial charge in [0, 0.05) is 54.2 Å². The molecule has 0 aliphatic carbocycles. The average Bonchev–Trinajstić information content (AvgIpc) is 3.38. The van der Waals surface area contributed by atoms with E-state index in [9.17, 15) is 38.7 Å². The predicted molar refractivity (Wildman–Crippen MR) is 204 cm³/mol. The zero-order chi connectivity index (χ0) is 40.4. The van der Waals surface area contributed by atoms with E-state index in [1.165, 1.54) is 11.8 Å². The van der Waals surface area contributed by atoms with E-state index in [4.69, 9.17) is 0 Å². The maximum absolute atomic E-state index is 14.2. The van der Waals surface area contributed by atoms with E-state index in [0.29, 0.717) is 0 Å². The summed E-state index contributed by atoms with van der Waals surface area (Å²) in [7, 11) is 3.30. The number of carbonyl (C=O) groups is 7. The molecule has 53 heavy (non-hydrogen) atoms. The third kappa shape index (κ3) is 12.3. The van der Waals surface area contributed by atoms with E-state index in [1.807, 2.05) is 72.7 Å². The first-order valence-corrected chi connectivity index (χ1v) is 18.3. The first-order chi connectivity index (χ1) is 24.5. The number of nitrogens with one attached hydrogen (secondary N) is 4. The first kappa shape index (κ1) is 44.8. The normalized spacial score (nSPS) is 15.8. The van der Waals surface area contributed by atoms with Crippen LogP contribution in [-0.2, 0) is 39.0 Å². The van der Waals surface area contributed by atoms with Crippen molar-refractivity contribution in [1.29, 1.82) is 0 Å². The highest BCUT2D eigenvalue weighted by Gasteiger charge is 2.42. The lowest BCUT2D eigenvalue weighted by Gasteiger charge is -2.40. The van der Waals surface area contributed by atoms with Crippen LogP contribution in [0.4, 0.5) is 0 Å². The highest BCUT2D eigenvalue weighted by molar-refractivity contribution is 9.10. The SMILES string of the molecule is CN[C@@H](C(=O)N[C@H](C(=O)N(C)[C@H](/C=C(\C)C(=O)N[C@H](CCC(=O)NCCN1C(=O)C=CC1=O)C(=O)O)C(C)C)C(C)(C)C)C(C)(C)c1cccc(Br)c1. The fraction of sp³-hybridized carbons (Fsp3) is 0.553. The van der Waals surface area contributed by atoms with Crippen LogP contribution >= 0.6 is 15.9 Å². The summed E-state index contributed by atoms with van der Waals surface area (Å²) in [4.78, 5) is 91.4. The van der Waals surface area contributed by atoms with Crippen LogP contribution < -0.4 is 21.3 Å². The number of rotatable bonds is 18. The molecule has 0 fully saturated rings. The molecule has 4 atom stereocenters. The maximum atomic E-state index is 14.2. The fourth-order valence-electron chi connectivity index (χ4n) is 6.04. The van der Waals surface area contributed by atoms with E-state index in [0.717, 1.165) is 27.1 Å². The molecule has 0 aromatic heterocycles. The summed E-state index contributed by atoms with van der Waals surface area (Å²) in [5, 5.41) is 20.9. The van der Waals surface area contributed by atoms with Gasteiger partial charge in [0.05, 0.1) is 12.1 Å². The minimum Gasteiger partial charge on any atom is -0.480 e. The van der Waals surface area contributed by atoms with E-state index in [-0.39, 0.29) is 49.2 Å². The Morgan fingerprint density at radius 1 is 0.981 bits per heavy atom. The van der Waals surface area contributed by atoms with Crippen LogP contribution in [0.5, 0.6) is 0 Å². The molecule has 5 N–H and O–H groups in total. The monoisotopic (exact) mass is 802 g/mol. The van der Waals surface area contributed by atoms with Crippen LogP contribution in [0.15, 0.2) is 52.5 Å². The van der Waals surface area contributed by atoms with Gasteiger partial charge in [-0.2, -0.15) is 0 Å². The third-order valence-electron chi connectivity index (χ3n) is 9.32. The third-order valence-corrected chi connectivity index (χ3v) is 9.81. The number of carbonyl (C=O) groups excluding carboxylic acids is 6. The van der Waals surface area contributed by atoms with E-state index >= 15 is 0 Å². The molecule has 1 aliphatic rings. The molecule has 0 spiro atoms. The molecular formula is C38H55BrN6O8. The zero-order valence-corrected chi connectivity index (χ0v) is 33.9.